The van der Waals surface area contributed by atoms with E-state index in [4.69, 9.17) is 0 Å². The molecule has 1 N–H and O–H groups in total. The highest BCUT2D eigenvalue weighted by molar-refractivity contribution is 5.93. The van der Waals surface area contributed by atoms with Crippen molar-refractivity contribution in [3.05, 3.63) is 66.5 Å². The maximum absolute atomic E-state index is 12.8. The Balaban J connectivity index is 1.38. The Morgan fingerprint density at radius 3 is 2.89 bits per heavy atom. The van der Waals surface area contributed by atoms with Crippen LogP contribution < -0.4 is 5.32 Å². The fraction of sp³-hybridized carbons (Fsp3) is 0.333. The van der Waals surface area contributed by atoms with Crippen LogP contribution in [0.15, 0.2) is 55.1 Å². The second-order valence-electron chi connectivity index (χ2n) is 7.20. The first-order chi connectivity index (χ1) is 13.7. The van der Waals surface area contributed by atoms with Gasteiger partial charge in [-0.05, 0) is 50.6 Å². The molecule has 0 bridgehead atoms. The lowest BCUT2D eigenvalue weighted by molar-refractivity contribution is -0.121. The van der Waals surface area contributed by atoms with Crippen LogP contribution in [-0.2, 0) is 11.3 Å². The summed E-state index contributed by atoms with van der Waals surface area (Å²) in [4.78, 5) is 23.7. The van der Waals surface area contributed by atoms with Crippen LogP contribution in [0.1, 0.15) is 24.2 Å². The second-order valence-corrected chi connectivity index (χ2v) is 7.20. The number of piperidine rings is 1. The fourth-order valence-corrected chi connectivity index (χ4v) is 3.56. The number of hydrogen-bond donors (Lipinski definition) is 1. The zero-order chi connectivity index (χ0) is 19.3. The van der Waals surface area contributed by atoms with Crippen molar-refractivity contribution in [1.29, 1.82) is 0 Å². The Bertz CT molecular complexity index is 922. The van der Waals surface area contributed by atoms with E-state index in [1.54, 1.807) is 10.9 Å². The van der Waals surface area contributed by atoms with E-state index in [-0.39, 0.29) is 11.8 Å². The highest BCUT2D eigenvalue weighted by Gasteiger charge is 2.26. The smallest absolute Gasteiger partial charge is 0.228 e. The summed E-state index contributed by atoms with van der Waals surface area (Å²) >= 11 is 0. The summed E-state index contributed by atoms with van der Waals surface area (Å²) in [5, 5.41) is 7.31. The number of anilines is 1. The normalized spacial score (nSPS) is 17.4. The standard InChI is InChI=1S/C21H24N6O/c1-16-22-12-17(13-23-16)14-26-9-3-5-18(15-26)21(28)25-19-6-2-7-20(11-19)27-10-4-8-24-27/h2,4,6-8,10-13,18H,3,5,9,14-15H2,1H3,(H,25,28). The van der Waals surface area contributed by atoms with E-state index in [9.17, 15) is 4.79 Å². The van der Waals surface area contributed by atoms with E-state index in [0.717, 1.165) is 55.2 Å². The van der Waals surface area contributed by atoms with Crippen molar-refractivity contribution in [3.8, 4) is 5.69 Å². The molecule has 7 nitrogen and oxygen atoms in total. The van der Waals surface area contributed by atoms with Gasteiger partial charge in [0.25, 0.3) is 0 Å². The van der Waals surface area contributed by atoms with Crippen molar-refractivity contribution in [3.63, 3.8) is 0 Å². The molecule has 4 rings (SSSR count). The number of carbonyl (C=O) groups is 1. The second kappa shape index (κ2) is 8.31. The zero-order valence-corrected chi connectivity index (χ0v) is 16.0. The highest BCUT2D eigenvalue weighted by atomic mass is 16.1. The molecule has 1 aromatic carbocycles. The molecular formula is C21H24N6O. The van der Waals surface area contributed by atoms with Crippen molar-refractivity contribution in [2.24, 2.45) is 5.92 Å². The number of aromatic nitrogens is 4. The first kappa shape index (κ1) is 18.3. The molecule has 3 heterocycles. The maximum atomic E-state index is 12.8. The van der Waals surface area contributed by atoms with E-state index >= 15 is 0 Å². The maximum Gasteiger partial charge on any atom is 0.228 e. The summed E-state index contributed by atoms with van der Waals surface area (Å²) < 4.78 is 1.78. The number of hydrogen-bond acceptors (Lipinski definition) is 5. The highest BCUT2D eigenvalue weighted by Crippen LogP contribution is 2.21. The number of carbonyl (C=O) groups excluding carboxylic acids is 1. The third-order valence-corrected chi connectivity index (χ3v) is 5.00. The van der Waals surface area contributed by atoms with Crippen molar-refractivity contribution in [1.82, 2.24) is 24.6 Å². The number of nitrogens with one attached hydrogen (secondary N) is 1. The van der Waals surface area contributed by atoms with Crippen molar-refractivity contribution < 1.29 is 4.79 Å². The Kier molecular flexibility index (Phi) is 5.43. The van der Waals surface area contributed by atoms with Crippen LogP contribution in [-0.4, -0.2) is 43.6 Å². The minimum absolute atomic E-state index is 0.0199. The monoisotopic (exact) mass is 376 g/mol. The summed E-state index contributed by atoms with van der Waals surface area (Å²) in [5.74, 6) is 0.827. The summed E-state index contributed by atoms with van der Waals surface area (Å²) in [6.07, 6.45) is 9.28. The van der Waals surface area contributed by atoms with Gasteiger partial charge >= 0.3 is 0 Å². The van der Waals surface area contributed by atoms with Gasteiger partial charge in [0.2, 0.25) is 5.91 Å². The van der Waals surface area contributed by atoms with Gasteiger partial charge in [0.05, 0.1) is 11.6 Å². The van der Waals surface area contributed by atoms with Gasteiger partial charge in [0.1, 0.15) is 5.82 Å². The van der Waals surface area contributed by atoms with E-state index in [1.165, 1.54) is 0 Å². The molecule has 1 fully saturated rings. The van der Waals surface area contributed by atoms with E-state index in [0.29, 0.717) is 0 Å². The van der Waals surface area contributed by atoms with Crippen LogP contribution in [0.2, 0.25) is 0 Å². The number of amides is 1. The van der Waals surface area contributed by atoms with Crippen LogP contribution >= 0.6 is 0 Å². The van der Waals surface area contributed by atoms with E-state index in [1.807, 2.05) is 55.8 Å². The number of benzene rings is 1. The molecule has 1 aliphatic rings. The minimum atomic E-state index is -0.0199. The van der Waals surface area contributed by atoms with Gasteiger partial charge in [-0.2, -0.15) is 5.10 Å². The van der Waals surface area contributed by atoms with Crippen LogP contribution in [0.3, 0.4) is 0 Å². The molecular weight excluding hydrogens is 352 g/mol. The molecule has 7 heteroatoms. The van der Waals surface area contributed by atoms with Crippen molar-refractivity contribution >= 4 is 11.6 Å². The summed E-state index contributed by atoms with van der Waals surface area (Å²) in [5.41, 5.74) is 2.80. The first-order valence-electron chi connectivity index (χ1n) is 9.58. The molecule has 3 aromatic rings. The van der Waals surface area contributed by atoms with Gasteiger partial charge in [-0.15, -0.1) is 0 Å². The minimum Gasteiger partial charge on any atom is -0.326 e. The van der Waals surface area contributed by atoms with Crippen LogP contribution in [0.25, 0.3) is 5.69 Å². The van der Waals surface area contributed by atoms with Gasteiger partial charge in [0.15, 0.2) is 0 Å². The van der Waals surface area contributed by atoms with Gasteiger partial charge in [-0.3, -0.25) is 9.69 Å². The molecule has 1 unspecified atom stereocenters. The van der Waals surface area contributed by atoms with Crippen LogP contribution in [0, 0.1) is 12.8 Å². The number of aryl methyl sites for hydroxylation is 1. The first-order valence-corrected chi connectivity index (χ1v) is 9.58. The SMILES string of the molecule is Cc1ncc(CN2CCCC(C(=O)Nc3cccc(-n4cccn4)c3)C2)cn1. The molecule has 1 saturated heterocycles. The van der Waals surface area contributed by atoms with Crippen LogP contribution in [0.4, 0.5) is 5.69 Å². The Hall–Kier alpha value is -3.06. The zero-order valence-electron chi connectivity index (χ0n) is 16.0. The van der Waals surface area contributed by atoms with Crippen molar-refractivity contribution in [2.45, 2.75) is 26.3 Å². The number of likely N-dealkylation sites (tertiary alicyclic amines) is 1. The van der Waals surface area contributed by atoms with Gasteiger partial charge < -0.3 is 5.32 Å². The molecule has 0 spiro atoms. The summed E-state index contributed by atoms with van der Waals surface area (Å²) in [7, 11) is 0. The lowest BCUT2D eigenvalue weighted by Crippen LogP contribution is -2.40. The Morgan fingerprint density at radius 2 is 2.11 bits per heavy atom. The molecule has 1 aliphatic heterocycles. The summed E-state index contributed by atoms with van der Waals surface area (Å²) in [6.45, 7) is 4.40. The molecule has 2 aromatic heterocycles. The third-order valence-electron chi connectivity index (χ3n) is 5.00. The quantitative estimate of drug-likeness (QED) is 0.741. The molecule has 1 atom stereocenters. The molecule has 0 aliphatic carbocycles. The van der Waals surface area contributed by atoms with Crippen molar-refractivity contribution in [2.75, 3.05) is 18.4 Å². The molecule has 0 saturated carbocycles. The average molecular weight is 376 g/mol. The molecule has 144 valence electrons. The lowest BCUT2D eigenvalue weighted by Gasteiger charge is -2.31. The van der Waals surface area contributed by atoms with Crippen LogP contribution in [0.5, 0.6) is 0 Å². The predicted molar refractivity (Wildman–Crippen MR) is 107 cm³/mol. The largest absolute Gasteiger partial charge is 0.326 e. The molecule has 1 amide bonds. The Morgan fingerprint density at radius 1 is 1.25 bits per heavy atom. The number of rotatable bonds is 5. The van der Waals surface area contributed by atoms with Gasteiger partial charge in [-0.1, -0.05) is 6.07 Å². The van der Waals surface area contributed by atoms with Gasteiger partial charge in [0, 0.05) is 49.1 Å². The van der Waals surface area contributed by atoms with Gasteiger partial charge in [-0.25, -0.2) is 14.6 Å². The average Bonchev–Trinajstić information content (AvgIpc) is 3.25. The molecule has 28 heavy (non-hydrogen) atoms. The topological polar surface area (TPSA) is 75.9 Å². The Labute approximate surface area is 164 Å². The van der Waals surface area contributed by atoms with E-state index < -0.39 is 0 Å². The lowest BCUT2D eigenvalue weighted by atomic mass is 9.96. The summed E-state index contributed by atoms with van der Waals surface area (Å²) in [6, 6.07) is 9.62. The molecule has 0 radical (unpaired) electrons. The van der Waals surface area contributed by atoms with E-state index in [2.05, 4.69) is 25.3 Å². The third kappa shape index (κ3) is 4.43. The fourth-order valence-electron chi connectivity index (χ4n) is 3.56. The number of nitrogens with zero attached hydrogens (tertiary/aromatic N) is 5. The predicted octanol–water partition coefficient (Wildman–Crippen LogP) is 2.82.